The Hall–Kier alpha value is -1.95. The lowest BCUT2D eigenvalue weighted by Crippen LogP contribution is -2.46. The molecule has 0 spiro atoms. The lowest BCUT2D eigenvalue weighted by Gasteiger charge is -2.33. The van der Waals surface area contributed by atoms with Gasteiger partial charge in [0, 0.05) is 25.3 Å². The fraction of sp³-hybridized carbons (Fsp3) is 0.467. The maximum atomic E-state index is 13.4. The van der Waals surface area contributed by atoms with Gasteiger partial charge in [-0.3, -0.25) is 9.59 Å². The number of aliphatic carboxylic acids is 1. The zero-order valence-electron chi connectivity index (χ0n) is 11.8. The van der Waals surface area contributed by atoms with E-state index in [9.17, 15) is 19.1 Å². The van der Waals surface area contributed by atoms with Gasteiger partial charge < -0.3 is 15.2 Å². The van der Waals surface area contributed by atoms with Crippen molar-refractivity contribution in [2.45, 2.75) is 19.8 Å². The van der Waals surface area contributed by atoms with Crippen molar-refractivity contribution < 1.29 is 23.8 Å². The summed E-state index contributed by atoms with van der Waals surface area (Å²) in [6.07, 6.45) is 0.704. The number of hydrogen-bond acceptors (Lipinski definition) is 3. The summed E-state index contributed by atoms with van der Waals surface area (Å²) in [6, 6.07) is 4.26. The number of rotatable bonds is 4. The number of carbonyl (C=O) groups excluding carboxylic acids is 1. The maximum Gasteiger partial charge on any atom is 0.311 e. The first-order valence-corrected chi connectivity index (χ1v) is 6.81. The molecule has 0 aromatic heterocycles. The molecule has 5 nitrogen and oxygen atoms in total. The summed E-state index contributed by atoms with van der Waals surface area (Å²) < 4.78 is 18.6. The van der Waals surface area contributed by atoms with Crippen LogP contribution < -0.4 is 5.32 Å². The number of carboxylic acids is 1. The van der Waals surface area contributed by atoms with Gasteiger partial charge in [0.1, 0.15) is 5.82 Å². The molecule has 114 valence electrons. The SMILES string of the molecule is Cc1c(F)cccc1C(=O)NCC1(C(=O)O)CCOCC1. The molecular weight excluding hydrogens is 277 g/mol. The van der Waals surface area contributed by atoms with E-state index in [2.05, 4.69) is 5.32 Å². The highest BCUT2D eigenvalue weighted by Gasteiger charge is 2.40. The van der Waals surface area contributed by atoms with Gasteiger partial charge >= 0.3 is 5.97 Å². The van der Waals surface area contributed by atoms with Gasteiger partial charge in [0.25, 0.3) is 5.91 Å². The van der Waals surface area contributed by atoms with Gasteiger partial charge in [0.05, 0.1) is 5.41 Å². The summed E-state index contributed by atoms with van der Waals surface area (Å²) in [7, 11) is 0. The van der Waals surface area contributed by atoms with Crippen LogP contribution in [0.4, 0.5) is 4.39 Å². The number of ether oxygens (including phenoxy) is 1. The quantitative estimate of drug-likeness (QED) is 0.887. The van der Waals surface area contributed by atoms with Crippen molar-refractivity contribution in [1.82, 2.24) is 5.32 Å². The van der Waals surface area contributed by atoms with Crippen molar-refractivity contribution in [2.24, 2.45) is 5.41 Å². The van der Waals surface area contributed by atoms with E-state index in [1.54, 1.807) is 0 Å². The summed E-state index contributed by atoms with van der Waals surface area (Å²) in [4.78, 5) is 23.6. The summed E-state index contributed by atoms with van der Waals surface area (Å²) in [6.45, 7) is 2.26. The first-order chi connectivity index (χ1) is 9.96. The Morgan fingerprint density at radius 2 is 2.05 bits per heavy atom. The maximum absolute atomic E-state index is 13.4. The highest BCUT2D eigenvalue weighted by atomic mass is 19.1. The predicted molar refractivity (Wildman–Crippen MR) is 73.6 cm³/mol. The Bertz CT molecular complexity index is 553. The molecule has 0 saturated carbocycles. The molecule has 1 amide bonds. The molecular formula is C15H18FNO4. The molecule has 2 rings (SSSR count). The molecule has 1 aromatic rings. The first kappa shape index (κ1) is 15.4. The molecule has 0 unspecified atom stereocenters. The molecule has 1 saturated heterocycles. The van der Waals surface area contributed by atoms with Crippen LogP contribution in [0.5, 0.6) is 0 Å². The summed E-state index contributed by atoms with van der Waals surface area (Å²) in [5.74, 6) is -1.86. The predicted octanol–water partition coefficient (Wildman–Crippen LogP) is 1.75. The lowest BCUT2D eigenvalue weighted by atomic mass is 9.80. The van der Waals surface area contributed by atoms with E-state index in [1.807, 2.05) is 0 Å². The summed E-state index contributed by atoms with van der Waals surface area (Å²) >= 11 is 0. The van der Waals surface area contributed by atoms with Crippen molar-refractivity contribution >= 4 is 11.9 Å². The summed E-state index contributed by atoms with van der Waals surface area (Å²) in [5, 5.41) is 12.0. The van der Waals surface area contributed by atoms with Crippen molar-refractivity contribution in [1.29, 1.82) is 0 Å². The zero-order valence-corrected chi connectivity index (χ0v) is 11.8. The molecule has 0 radical (unpaired) electrons. The average Bonchev–Trinajstić information content (AvgIpc) is 2.48. The third-order valence-corrected chi connectivity index (χ3v) is 4.00. The highest BCUT2D eigenvalue weighted by Crippen LogP contribution is 2.30. The fourth-order valence-corrected chi connectivity index (χ4v) is 2.43. The van der Waals surface area contributed by atoms with Gasteiger partial charge in [-0.2, -0.15) is 0 Å². The van der Waals surface area contributed by atoms with E-state index in [0.717, 1.165) is 0 Å². The van der Waals surface area contributed by atoms with Crippen LogP contribution in [0.25, 0.3) is 0 Å². The molecule has 1 aliphatic rings. The Labute approximate surface area is 122 Å². The van der Waals surface area contributed by atoms with E-state index in [4.69, 9.17) is 4.74 Å². The molecule has 0 aliphatic carbocycles. The number of benzene rings is 1. The Morgan fingerprint density at radius 3 is 2.67 bits per heavy atom. The number of carbonyl (C=O) groups is 2. The average molecular weight is 295 g/mol. The second kappa shape index (κ2) is 6.22. The minimum Gasteiger partial charge on any atom is -0.481 e. The Balaban J connectivity index is 2.09. The van der Waals surface area contributed by atoms with Crippen LogP contribution in [-0.4, -0.2) is 36.7 Å². The monoisotopic (exact) mass is 295 g/mol. The van der Waals surface area contributed by atoms with Crippen molar-refractivity contribution in [2.75, 3.05) is 19.8 Å². The highest BCUT2D eigenvalue weighted by molar-refractivity contribution is 5.96. The van der Waals surface area contributed by atoms with Crippen LogP contribution in [-0.2, 0) is 9.53 Å². The number of amides is 1. The van der Waals surface area contributed by atoms with Gasteiger partial charge in [-0.1, -0.05) is 6.07 Å². The van der Waals surface area contributed by atoms with Gasteiger partial charge in [-0.25, -0.2) is 4.39 Å². The molecule has 1 aliphatic heterocycles. The van der Waals surface area contributed by atoms with Gasteiger partial charge in [-0.15, -0.1) is 0 Å². The lowest BCUT2D eigenvalue weighted by molar-refractivity contribution is -0.154. The van der Waals surface area contributed by atoms with Gasteiger partial charge in [-0.05, 0) is 37.5 Å². The standard InChI is InChI=1S/C15H18FNO4/c1-10-11(3-2-4-12(10)16)13(18)17-9-15(14(19)20)5-7-21-8-6-15/h2-4H,5-9H2,1H3,(H,17,18)(H,19,20). The minimum absolute atomic E-state index is 0.0144. The molecule has 2 N–H and O–H groups in total. The van der Waals surface area contributed by atoms with Crippen molar-refractivity contribution in [3.8, 4) is 0 Å². The van der Waals surface area contributed by atoms with Crippen LogP contribution in [0.3, 0.4) is 0 Å². The summed E-state index contributed by atoms with van der Waals surface area (Å²) in [5.41, 5.74) is -0.524. The smallest absolute Gasteiger partial charge is 0.311 e. The molecule has 0 atom stereocenters. The van der Waals surface area contributed by atoms with Crippen LogP contribution in [0.2, 0.25) is 0 Å². The molecule has 6 heteroatoms. The number of halogens is 1. The minimum atomic E-state index is -1.00. The third-order valence-electron chi connectivity index (χ3n) is 4.00. The normalized spacial score (nSPS) is 17.2. The molecule has 1 heterocycles. The Morgan fingerprint density at radius 1 is 1.38 bits per heavy atom. The fourth-order valence-electron chi connectivity index (χ4n) is 2.43. The van der Waals surface area contributed by atoms with Crippen molar-refractivity contribution in [3.05, 3.63) is 35.1 Å². The van der Waals surface area contributed by atoms with Crippen LogP contribution in [0, 0.1) is 18.2 Å². The number of nitrogens with one attached hydrogen (secondary N) is 1. The van der Waals surface area contributed by atoms with E-state index in [-0.39, 0.29) is 17.7 Å². The van der Waals surface area contributed by atoms with E-state index in [0.29, 0.717) is 26.1 Å². The van der Waals surface area contributed by atoms with E-state index >= 15 is 0 Å². The van der Waals surface area contributed by atoms with Crippen LogP contribution in [0.1, 0.15) is 28.8 Å². The third kappa shape index (κ3) is 3.21. The molecule has 1 fully saturated rings. The second-order valence-corrected chi connectivity index (χ2v) is 5.29. The van der Waals surface area contributed by atoms with Gasteiger partial charge in [0.15, 0.2) is 0 Å². The number of carboxylic acid groups (broad SMARTS) is 1. The molecule has 1 aromatic carbocycles. The molecule has 0 bridgehead atoms. The second-order valence-electron chi connectivity index (χ2n) is 5.29. The first-order valence-electron chi connectivity index (χ1n) is 6.81. The van der Waals surface area contributed by atoms with Crippen molar-refractivity contribution in [3.63, 3.8) is 0 Å². The Kier molecular flexibility index (Phi) is 4.57. The van der Waals surface area contributed by atoms with Crippen LogP contribution in [0.15, 0.2) is 18.2 Å². The largest absolute Gasteiger partial charge is 0.481 e. The topological polar surface area (TPSA) is 75.6 Å². The molecule has 21 heavy (non-hydrogen) atoms. The van der Waals surface area contributed by atoms with Crippen LogP contribution >= 0.6 is 0 Å². The van der Waals surface area contributed by atoms with E-state index in [1.165, 1.54) is 25.1 Å². The van der Waals surface area contributed by atoms with Gasteiger partial charge in [0.2, 0.25) is 0 Å². The van der Waals surface area contributed by atoms with E-state index < -0.39 is 23.1 Å². The number of hydrogen-bond donors (Lipinski definition) is 2. The zero-order chi connectivity index (χ0) is 15.5.